The molecule has 0 saturated carbocycles. The molecule has 0 rings (SSSR count). The van der Waals surface area contributed by atoms with Crippen molar-refractivity contribution in [2.75, 3.05) is 13.2 Å². The fourth-order valence-electron chi connectivity index (χ4n) is 1.12. The maximum atomic E-state index is 10.6. The molecule has 0 heterocycles. The van der Waals surface area contributed by atoms with Gasteiger partial charge in [0, 0.05) is 19.0 Å². The van der Waals surface area contributed by atoms with Gasteiger partial charge < -0.3 is 20.9 Å². The van der Waals surface area contributed by atoms with Crippen molar-refractivity contribution < 1.29 is 14.6 Å². The Morgan fingerprint density at radius 2 is 2.06 bits per heavy atom. The first-order chi connectivity index (χ1) is 7.20. The number of nitrogens with one attached hydrogen (secondary N) is 1. The molecule has 2 unspecified atom stereocenters. The second-order valence-electron chi connectivity index (χ2n) is 5.06. The van der Waals surface area contributed by atoms with E-state index in [9.17, 15) is 9.90 Å². The molecule has 16 heavy (non-hydrogen) atoms. The van der Waals surface area contributed by atoms with Crippen molar-refractivity contribution >= 4 is 5.91 Å². The van der Waals surface area contributed by atoms with E-state index in [4.69, 9.17) is 10.5 Å². The zero-order valence-electron chi connectivity index (χ0n) is 10.6. The molecular weight excluding hydrogens is 208 g/mol. The number of rotatable bonds is 7. The van der Waals surface area contributed by atoms with Crippen LogP contribution in [-0.4, -0.2) is 41.9 Å². The summed E-state index contributed by atoms with van der Waals surface area (Å²) in [5, 5.41) is 12.6. The topological polar surface area (TPSA) is 84.6 Å². The summed E-state index contributed by atoms with van der Waals surface area (Å²) in [5.74, 6) is -0.347. The number of ether oxygens (including phenoxy) is 1. The Kier molecular flexibility index (Phi) is 6.55. The number of hydrogen-bond donors (Lipinski definition) is 3. The second kappa shape index (κ2) is 6.83. The summed E-state index contributed by atoms with van der Waals surface area (Å²) in [6, 6.07) is -0.0261. The Morgan fingerprint density at radius 1 is 1.50 bits per heavy atom. The van der Waals surface area contributed by atoms with Gasteiger partial charge in [-0.1, -0.05) is 0 Å². The Labute approximate surface area is 97.3 Å². The van der Waals surface area contributed by atoms with Crippen molar-refractivity contribution in [3.8, 4) is 0 Å². The lowest BCUT2D eigenvalue weighted by Crippen LogP contribution is -2.39. The number of amides is 1. The molecule has 0 saturated heterocycles. The molecule has 1 amide bonds. The lowest BCUT2D eigenvalue weighted by atomic mass is 10.2. The van der Waals surface area contributed by atoms with Gasteiger partial charge in [-0.3, -0.25) is 4.79 Å². The van der Waals surface area contributed by atoms with Gasteiger partial charge in [0.05, 0.1) is 18.3 Å². The minimum absolute atomic E-state index is 0.0261. The average Bonchev–Trinajstić information content (AvgIpc) is 2.09. The van der Waals surface area contributed by atoms with Crippen LogP contribution < -0.4 is 11.1 Å². The standard InChI is InChI=1S/C11H24N2O3/c1-8(5-10(12)15)13-6-9(14)7-16-11(2,3)4/h8-9,13-14H,5-7H2,1-4H3,(H2,12,15). The van der Waals surface area contributed by atoms with Gasteiger partial charge in [0.1, 0.15) is 0 Å². The van der Waals surface area contributed by atoms with Gasteiger partial charge in [-0.25, -0.2) is 0 Å². The summed E-state index contributed by atoms with van der Waals surface area (Å²) >= 11 is 0. The predicted molar refractivity (Wildman–Crippen MR) is 63.0 cm³/mol. The maximum Gasteiger partial charge on any atom is 0.218 e. The van der Waals surface area contributed by atoms with E-state index in [0.717, 1.165) is 0 Å². The van der Waals surface area contributed by atoms with E-state index in [1.54, 1.807) is 0 Å². The molecule has 0 spiro atoms. The third kappa shape index (κ3) is 9.89. The molecule has 0 aromatic rings. The third-order valence-electron chi connectivity index (χ3n) is 1.92. The number of primary amides is 1. The fraction of sp³-hybridized carbons (Fsp3) is 0.909. The minimum Gasteiger partial charge on any atom is -0.389 e. The molecule has 0 radical (unpaired) electrons. The number of aliphatic hydroxyl groups is 1. The number of carbonyl (C=O) groups is 1. The number of nitrogens with two attached hydrogens (primary N) is 1. The van der Waals surface area contributed by atoms with Crippen molar-refractivity contribution in [2.45, 2.75) is 51.9 Å². The maximum absolute atomic E-state index is 10.6. The van der Waals surface area contributed by atoms with Crippen LogP contribution in [0.2, 0.25) is 0 Å². The smallest absolute Gasteiger partial charge is 0.218 e. The zero-order valence-corrected chi connectivity index (χ0v) is 10.6. The first-order valence-electron chi connectivity index (χ1n) is 5.54. The SMILES string of the molecule is CC(CC(N)=O)NCC(O)COC(C)(C)C. The lowest BCUT2D eigenvalue weighted by molar-refractivity contribution is -0.118. The fourth-order valence-corrected chi connectivity index (χ4v) is 1.12. The molecular formula is C11H24N2O3. The van der Waals surface area contributed by atoms with Gasteiger partial charge in [0.25, 0.3) is 0 Å². The largest absolute Gasteiger partial charge is 0.389 e. The predicted octanol–water partition coefficient (Wildman–Crippen LogP) is 0.0159. The minimum atomic E-state index is -0.574. The Bertz CT molecular complexity index is 214. The molecule has 0 aliphatic heterocycles. The highest BCUT2D eigenvalue weighted by Gasteiger charge is 2.14. The van der Waals surface area contributed by atoms with Crippen molar-refractivity contribution in [1.29, 1.82) is 0 Å². The molecule has 5 heteroatoms. The molecule has 0 aromatic heterocycles. The van der Waals surface area contributed by atoms with Crippen LogP contribution in [-0.2, 0) is 9.53 Å². The molecule has 0 bridgehead atoms. The molecule has 0 aliphatic rings. The summed E-state index contributed by atoms with van der Waals surface area (Å²) < 4.78 is 5.42. The van der Waals surface area contributed by atoms with Crippen LogP contribution in [0.15, 0.2) is 0 Å². The Morgan fingerprint density at radius 3 is 2.50 bits per heavy atom. The van der Waals surface area contributed by atoms with E-state index in [1.165, 1.54) is 0 Å². The molecule has 0 fully saturated rings. The van der Waals surface area contributed by atoms with E-state index in [2.05, 4.69) is 5.32 Å². The zero-order chi connectivity index (χ0) is 12.8. The molecule has 2 atom stereocenters. The van der Waals surface area contributed by atoms with Gasteiger partial charge >= 0.3 is 0 Å². The van der Waals surface area contributed by atoms with E-state index in [1.807, 2.05) is 27.7 Å². The summed E-state index contributed by atoms with van der Waals surface area (Å²) in [4.78, 5) is 10.6. The third-order valence-corrected chi connectivity index (χ3v) is 1.92. The van der Waals surface area contributed by atoms with Crippen LogP contribution in [0.4, 0.5) is 0 Å². The molecule has 4 N–H and O–H groups in total. The highest BCUT2D eigenvalue weighted by atomic mass is 16.5. The van der Waals surface area contributed by atoms with Crippen molar-refractivity contribution in [3.05, 3.63) is 0 Å². The van der Waals surface area contributed by atoms with Crippen LogP contribution in [0.25, 0.3) is 0 Å². The summed E-state index contributed by atoms with van der Waals surface area (Å²) in [7, 11) is 0. The van der Waals surface area contributed by atoms with Gasteiger partial charge in [0.2, 0.25) is 5.91 Å². The number of hydrogen-bond acceptors (Lipinski definition) is 4. The summed E-state index contributed by atoms with van der Waals surface area (Å²) in [6.07, 6.45) is -0.304. The monoisotopic (exact) mass is 232 g/mol. The quantitative estimate of drug-likeness (QED) is 0.577. The number of aliphatic hydroxyl groups excluding tert-OH is 1. The lowest BCUT2D eigenvalue weighted by Gasteiger charge is -2.23. The van der Waals surface area contributed by atoms with Gasteiger partial charge in [-0.2, -0.15) is 0 Å². The Hall–Kier alpha value is -0.650. The van der Waals surface area contributed by atoms with Crippen molar-refractivity contribution in [2.24, 2.45) is 5.73 Å². The molecule has 0 aliphatic carbocycles. The Balaban J connectivity index is 3.64. The van der Waals surface area contributed by atoms with Crippen LogP contribution in [0, 0.1) is 0 Å². The van der Waals surface area contributed by atoms with E-state index in [0.29, 0.717) is 6.54 Å². The van der Waals surface area contributed by atoms with E-state index >= 15 is 0 Å². The van der Waals surface area contributed by atoms with Crippen molar-refractivity contribution in [3.63, 3.8) is 0 Å². The molecule has 0 aromatic carbocycles. The van der Waals surface area contributed by atoms with E-state index in [-0.39, 0.29) is 30.6 Å². The van der Waals surface area contributed by atoms with Gasteiger partial charge in [-0.05, 0) is 27.7 Å². The van der Waals surface area contributed by atoms with Gasteiger partial charge in [-0.15, -0.1) is 0 Å². The second-order valence-corrected chi connectivity index (χ2v) is 5.06. The first-order valence-corrected chi connectivity index (χ1v) is 5.54. The summed E-state index contributed by atoms with van der Waals surface area (Å²) in [6.45, 7) is 8.32. The van der Waals surface area contributed by atoms with E-state index < -0.39 is 6.10 Å². The average molecular weight is 232 g/mol. The first kappa shape index (κ1) is 15.3. The summed E-state index contributed by atoms with van der Waals surface area (Å²) in [5.41, 5.74) is 4.80. The number of carbonyl (C=O) groups excluding carboxylic acids is 1. The normalized spacial score (nSPS) is 15.8. The highest BCUT2D eigenvalue weighted by molar-refractivity contribution is 5.74. The van der Waals surface area contributed by atoms with Gasteiger partial charge in [0.15, 0.2) is 0 Å². The van der Waals surface area contributed by atoms with Crippen LogP contribution in [0.1, 0.15) is 34.1 Å². The van der Waals surface area contributed by atoms with Crippen LogP contribution in [0.5, 0.6) is 0 Å². The van der Waals surface area contributed by atoms with Crippen molar-refractivity contribution in [1.82, 2.24) is 5.32 Å². The molecule has 5 nitrogen and oxygen atoms in total. The van der Waals surface area contributed by atoms with Crippen LogP contribution in [0.3, 0.4) is 0 Å². The molecule has 96 valence electrons. The highest BCUT2D eigenvalue weighted by Crippen LogP contribution is 2.06. The van der Waals surface area contributed by atoms with Crippen LogP contribution >= 0.6 is 0 Å².